The van der Waals surface area contributed by atoms with Gasteiger partial charge in [0.05, 0.1) is 23.5 Å². The average molecular weight is 305 g/mol. The Morgan fingerprint density at radius 1 is 1.35 bits per heavy atom. The van der Waals surface area contributed by atoms with E-state index in [0.717, 1.165) is 10.5 Å². The van der Waals surface area contributed by atoms with Crippen molar-refractivity contribution in [1.82, 2.24) is 0 Å². The lowest BCUT2D eigenvalue weighted by Crippen LogP contribution is -2.34. The highest BCUT2D eigenvalue weighted by Gasteiger charge is 2.25. The molecule has 0 spiro atoms. The number of carboxylic acid groups (broad SMARTS) is 1. The highest BCUT2D eigenvalue weighted by Crippen LogP contribution is 2.37. The summed E-state index contributed by atoms with van der Waals surface area (Å²) in [5, 5.41) is 13.0. The minimum Gasteiger partial charge on any atom is -0.478 e. The number of fused-ring (bicyclic) bond motifs is 1. The molecule has 4 nitrogen and oxygen atoms in total. The Kier molecular flexibility index (Phi) is 3.50. The second kappa shape index (κ2) is 5.30. The minimum absolute atomic E-state index is 0.0104. The van der Waals surface area contributed by atoms with Crippen LogP contribution in [0.3, 0.4) is 0 Å². The number of carbonyl (C=O) groups excluding carboxylic acids is 1. The fraction of sp³-hybridized carbons (Fsp3) is 0.143. The van der Waals surface area contributed by atoms with Crippen LogP contribution in [0.4, 0.5) is 5.69 Å². The molecule has 3 rings (SSSR count). The van der Waals surface area contributed by atoms with Crippen LogP contribution in [0.25, 0.3) is 0 Å². The molecule has 102 valence electrons. The second-order valence-corrected chi connectivity index (χ2v) is 6.19. The number of benzene rings is 1. The smallest absolute Gasteiger partial charge is 0.335 e. The third-order valence-electron chi connectivity index (χ3n) is 3.07. The van der Waals surface area contributed by atoms with E-state index in [1.807, 2.05) is 16.8 Å². The van der Waals surface area contributed by atoms with Crippen molar-refractivity contribution in [3.63, 3.8) is 0 Å². The second-order valence-electron chi connectivity index (χ2n) is 4.39. The first-order chi connectivity index (χ1) is 9.65. The number of aromatic carboxylic acids is 1. The van der Waals surface area contributed by atoms with Gasteiger partial charge in [0.2, 0.25) is 5.91 Å². The predicted molar refractivity (Wildman–Crippen MR) is 79.6 cm³/mol. The summed E-state index contributed by atoms with van der Waals surface area (Å²) in [5.41, 5.74) is 1.95. The van der Waals surface area contributed by atoms with Crippen LogP contribution in [-0.4, -0.2) is 22.7 Å². The van der Waals surface area contributed by atoms with Crippen molar-refractivity contribution in [2.45, 2.75) is 11.4 Å². The molecule has 2 aromatic rings. The summed E-state index contributed by atoms with van der Waals surface area (Å²) in [6.45, 7) is 0.485. The largest absolute Gasteiger partial charge is 0.478 e. The van der Waals surface area contributed by atoms with Crippen LogP contribution in [0.2, 0.25) is 0 Å². The Morgan fingerprint density at radius 2 is 2.20 bits per heavy atom. The van der Waals surface area contributed by atoms with Gasteiger partial charge in [-0.15, -0.1) is 11.8 Å². The van der Waals surface area contributed by atoms with E-state index in [-0.39, 0.29) is 11.5 Å². The van der Waals surface area contributed by atoms with Crippen molar-refractivity contribution in [2.75, 3.05) is 10.7 Å². The molecule has 1 aliphatic rings. The van der Waals surface area contributed by atoms with E-state index in [9.17, 15) is 9.59 Å². The molecule has 0 saturated carbocycles. The molecule has 1 aliphatic heterocycles. The standard InChI is InChI=1S/C14H11NO3S2/c16-13-8-20-12-2-1-10(14(17)18)5-11(12)15(13)6-9-3-4-19-7-9/h1-5,7H,6,8H2,(H,17,18). The third-order valence-corrected chi connectivity index (χ3v) is 4.85. The fourth-order valence-electron chi connectivity index (χ4n) is 2.07. The monoisotopic (exact) mass is 305 g/mol. The Balaban J connectivity index is 2.00. The number of amides is 1. The molecule has 1 N–H and O–H groups in total. The van der Waals surface area contributed by atoms with Crippen molar-refractivity contribution >= 4 is 40.7 Å². The van der Waals surface area contributed by atoms with Gasteiger partial charge in [0, 0.05) is 4.90 Å². The maximum Gasteiger partial charge on any atom is 0.335 e. The molecule has 2 heterocycles. The van der Waals surface area contributed by atoms with E-state index in [0.29, 0.717) is 18.0 Å². The normalized spacial score (nSPS) is 14.2. The zero-order chi connectivity index (χ0) is 14.1. The maximum absolute atomic E-state index is 12.1. The third kappa shape index (κ3) is 2.44. The summed E-state index contributed by atoms with van der Waals surface area (Å²) in [6, 6.07) is 6.90. The number of thiophene rings is 1. The molecule has 1 aromatic heterocycles. The lowest BCUT2D eigenvalue weighted by atomic mass is 10.1. The molecule has 1 amide bonds. The Labute approximate surface area is 124 Å². The summed E-state index contributed by atoms with van der Waals surface area (Å²) in [5.74, 6) is -0.577. The Morgan fingerprint density at radius 3 is 2.90 bits per heavy atom. The van der Waals surface area contributed by atoms with Gasteiger partial charge in [-0.3, -0.25) is 4.79 Å². The Hall–Kier alpha value is -1.79. The van der Waals surface area contributed by atoms with Crippen molar-refractivity contribution in [1.29, 1.82) is 0 Å². The molecule has 6 heteroatoms. The molecule has 0 unspecified atom stereocenters. The van der Waals surface area contributed by atoms with Gasteiger partial charge < -0.3 is 10.0 Å². The molecular weight excluding hydrogens is 294 g/mol. The number of carboxylic acids is 1. The summed E-state index contributed by atoms with van der Waals surface area (Å²) in [6.07, 6.45) is 0. The Bertz CT molecular complexity index is 667. The summed E-state index contributed by atoms with van der Waals surface area (Å²) in [7, 11) is 0. The molecular formula is C14H11NO3S2. The minimum atomic E-state index is -0.980. The average Bonchev–Trinajstić information content (AvgIpc) is 2.94. The maximum atomic E-state index is 12.1. The van der Waals surface area contributed by atoms with Gasteiger partial charge in [0.15, 0.2) is 0 Å². The van der Waals surface area contributed by atoms with E-state index >= 15 is 0 Å². The first kappa shape index (κ1) is 13.2. The van der Waals surface area contributed by atoms with Crippen LogP contribution in [0.5, 0.6) is 0 Å². The van der Waals surface area contributed by atoms with Crippen LogP contribution >= 0.6 is 23.1 Å². The van der Waals surface area contributed by atoms with Crippen LogP contribution in [0.1, 0.15) is 15.9 Å². The molecule has 0 bridgehead atoms. The van der Waals surface area contributed by atoms with E-state index in [4.69, 9.17) is 5.11 Å². The number of rotatable bonds is 3. The van der Waals surface area contributed by atoms with Crippen molar-refractivity contribution in [2.24, 2.45) is 0 Å². The zero-order valence-corrected chi connectivity index (χ0v) is 12.0. The molecule has 0 aliphatic carbocycles. The van der Waals surface area contributed by atoms with Crippen molar-refractivity contribution in [3.8, 4) is 0 Å². The number of thioether (sulfide) groups is 1. The first-order valence-corrected chi connectivity index (χ1v) is 7.89. The topological polar surface area (TPSA) is 57.6 Å². The SMILES string of the molecule is O=C(O)c1ccc2c(c1)N(Cc1ccsc1)C(=O)CS2. The van der Waals surface area contributed by atoms with E-state index in [2.05, 4.69) is 0 Å². The highest BCUT2D eigenvalue weighted by molar-refractivity contribution is 8.00. The van der Waals surface area contributed by atoms with Gasteiger partial charge >= 0.3 is 5.97 Å². The number of hydrogen-bond acceptors (Lipinski definition) is 4. The van der Waals surface area contributed by atoms with Gasteiger partial charge in [-0.2, -0.15) is 11.3 Å². The first-order valence-electron chi connectivity index (χ1n) is 5.97. The summed E-state index contributed by atoms with van der Waals surface area (Å²) < 4.78 is 0. The number of carbonyl (C=O) groups is 2. The van der Waals surface area contributed by atoms with Crippen molar-refractivity contribution < 1.29 is 14.7 Å². The number of hydrogen-bond donors (Lipinski definition) is 1. The fourth-order valence-corrected chi connectivity index (χ4v) is 3.65. The molecule has 0 fully saturated rings. The number of anilines is 1. The van der Waals surface area contributed by atoms with Crippen LogP contribution in [0.15, 0.2) is 39.9 Å². The molecule has 0 saturated heterocycles. The molecule has 0 atom stereocenters. The van der Waals surface area contributed by atoms with Crippen LogP contribution in [-0.2, 0) is 11.3 Å². The molecule has 20 heavy (non-hydrogen) atoms. The molecule has 1 aromatic carbocycles. The lowest BCUT2D eigenvalue weighted by molar-refractivity contribution is -0.116. The van der Waals surface area contributed by atoms with Crippen molar-refractivity contribution in [3.05, 3.63) is 46.2 Å². The van der Waals surface area contributed by atoms with Gasteiger partial charge in [-0.1, -0.05) is 0 Å². The van der Waals surface area contributed by atoms with Gasteiger partial charge in [0.1, 0.15) is 0 Å². The molecule has 0 radical (unpaired) electrons. The summed E-state index contributed by atoms with van der Waals surface area (Å²) in [4.78, 5) is 25.8. The highest BCUT2D eigenvalue weighted by atomic mass is 32.2. The van der Waals surface area contributed by atoms with E-state index < -0.39 is 5.97 Å². The quantitative estimate of drug-likeness (QED) is 0.946. The predicted octanol–water partition coefficient (Wildman–Crippen LogP) is 3.09. The lowest BCUT2D eigenvalue weighted by Gasteiger charge is -2.29. The van der Waals surface area contributed by atoms with E-state index in [1.54, 1.807) is 34.4 Å². The van der Waals surface area contributed by atoms with E-state index in [1.165, 1.54) is 11.8 Å². The van der Waals surface area contributed by atoms with Gasteiger partial charge in [-0.25, -0.2) is 4.79 Å². The van der Waals surface area contributed by atoms with Crippen LogP contribution in [0, 0.1) is 0 Å². The zero-order valence-electron chi connectivity index (χ0n) is 10.4. The number of nitrogens with zero attached hydrogens (tertiary/aromatic N) is 1. The van der Waals surface area contributed by atoms with Crippen LogP contribution < -0.4 is 4.90 Å². The van der Waals surface area contributed by atoms with Gasteiger partial charge in [-0.05, 0) is 40.6 Å². The van der Waals surface area contributed by atoms with Gasteiger partial charge in [0.25, 0.3) is 0 Å². The summed E-state index contributed by atoms with van der Waals surface area (Å²) >= 11 is 3.03.